The first kappa shape index (κ1) is 33.4. The first-order valence-corrected chi connectivity index (χ1v) is 14.1. The highest BCUT2D eigenvalue weighted by Gasteiger charge is 2.36. The zero-order chi connectivity index (χ0) is 33.1. The summed E-state index contributed by atoms with van der Waals surface area (Å²) in [6, 6.07) is 8.29. The molecule has 2 heterocycles. The zero-order valence-electron chi connectivity index (χ0n) is 24.9. The molecule has 16 heteroatoms. The van der Waals surface area contributed by atoms with E-state index in [-0.39, 0.29) is 29.2 Å². The Hall–Kier alpha value is -4.50. The number of nitrogens with zero attached hydrogens (tertiary/aromatic N) is 4. The van der Waals surface area contributed by atoms with Crippen LogP contribution >= 0.6 is 11.6 Å². The average molecular weight is 653 g/mol. The Kier molecular flexibility index (Phi) is 10.1. The number of nitrogens with one attached hydrogen (secondary N) is 3. The van der Waals surface area contributed by atoms with E-state index in [1.165, 1.54) is 23.9 Å². The van der Waals surface area contributed by atoms with Gasteiger partial charge in [0.1, 0.15) is 17.4 Å². The molecule has 0 saturated heterocycles. The number of carbonyl (C=O) groups excluding carboxylic acids is 2. The summed E-state index contributed by atoms with van der Waals surface area (Å²) in [5.74, 6) is -1.65. The smallest absolute Gasteiger partial charge is 0.420 e. The molecule has 2 atom stereocenters. The molecule has 242 valence electrons. The third-order valence-corrected chi connectivity index (χ3v) is 7.31. The van der Waals surface area contributed by atoms with Crippen LogP contribution in [0.3, 0.4) is 0 Å². The van der Waals surface area contributed by atoms with Gasteiger partial charge in [-0.3, -0.25) is 14.7 Å². The van der Waals surface area contributed by atoms with Crippen LogP contribution in [0.15, 0.2) is 48.8 Å². The van der Waals surface area contributed by atoms with E-state index < -0.39 is 35.2 Å². The molecule has 2 aromatic carbocycles. The molecule has 0 fully saturated rings. The Balaban J connectivity index is 1.74. The number of alkyl halides is 5. The fourth-order valence-corrected chi connectivity index (χ4v) is 4.86. The van der Waals surface area contributed by atoms with Crippen molar-refractivity contribution in [1.29, 1.82) is 0 Å². The fraction of sp³-hybridized carbons (Fsp3) is 0.345. The summed E-state index contributed by atoms with van der Waals surface area (Å²) in [6.45, 7) is 0.942. The summed E-state index contributed by atoms with van der Waals surface area (Å²) in [5, 5.41) is 11.5. The van der Waals surface area contributed by atoms with E-state index in [2.05, 4.69) is 20.8 Å². The van der Waals surface area contributed by atoms with E-state index in [9.17, 15) is 27.2 Å². The number of methoxy groups -OCH3 is 1. The highest BCUT2D eigenvalue weighted by atomic mass is 35.5. The number of carbonyl (C=O) groups is 2. The molecule has 0 radical (unpaired) electrons. The van der Waals surface area contributed by atoms with Crippen LogP contribution in [0.1, 0.15) is 5.56 Å². The Labute approximate surface area is 261 Å². The maximum absolute atomic E-state index is 13.8. The second kappa shape index (κ2) is 13.6. The minimum absolute atomic E-state index is 0.161. The lowest BCUT2D eigenvalue weighted by Crippen LogP contribution is -2.48. The van der Waals surface area contributed by atoms with Gasteiger partial charge in [-0.2, -0.15) is 18.3 Å². The standard InChI is InChI=1S/C29H33ClF4N8O3/c1-40(2)9-10-41(3)23-12-24(45-4)19(35)11-20(23)37-27(43)21(38-28(44)26(30)31)15-42-14-17(16-7-5-6-8-22(16)42)25-18(13-36-39-25)29(32,33)34/h5-8,11-14,21,26H,9-10,15,35H2,1-4H3,(H,36,39)(H,37,43)(H,38,44)/t21-,26?/m0/s1. The Morgan fingerprint density at radius 3 is 2.51 bits per heavy atom. The number of aromatic nitrogens is 3. The minimum Gasteiger partial charge on any atom is -0.495 e. The van der Waals surface area contributed by atoms with Gasteiger partial charge in [0.2, 0.25) is 5.91 Å². The maximum atomic E-state index is 13.8. The van der Waals surface area contributed by atoms with Crippen molar-refractivity contribution < 1.29 is 31.9 Å². The molecule has 0 aliphatic carbocycles. The third kappa shape index (κ3) is 7.60. The highest BCUT2D eigenvalue weighted by Crippen LogP contribution is 2.39. The monoisotopic (exact) mass is 652 g/mol. The van der Waals surface area contributed by atoms with Crippen LogP contribution in [0.4, 0.5) is 34.6 Å². The topological polar surface area (TPSA) is 134 Å². The van der Waals surface area contributed by atoms with Crippen molar-refractivity contribution in [3.8, 4) is 17.0 Å². The number of aromatic amines is 1. The van der Waals surface area contributed by atoms with E-state index in [1.54, 1.807) is 30.3 Å². The Morgan fingerprint density at radius 2 is 1.87 bits per heavy atom. The molecule has 0 aliphatic heterocycles. The largest absolute Gasteiger partial charge is 0.495 e. The summed E-state index contributed by atoms with van der Waals surface area (Å²) < 4.78 is 61.8. The number of benzene rings is 2. The second-order valence-electron chi connectivity index (χ2n) is 10.6. The van der Waals surface area contributed by atoms with Crippen LogP contribution in [-0.2, 0) is 22.3 Å². The maximum Gasteiger partial charge on any atom is 0.420 e. The summed E-state index contributed by atoms with van der Waals surface area (Å²) in [5.41, 5.74) is 4.11. The van der Waals surface area contributed by atoms with Crippen LogP contribution in [0.25, 0.3) is 22.2 Å². The van der Waals surface area contributed by atoms with Crippen molar-refractivity contribution in [2.75, 3.05) is 57.3 Å². The van der Waals surface area contributed by atoms with Crippen LogP contribution in [-0.4, -0.2) is 84.5 Å². The molecular weight excluding hydrogens is 620 g/mol. The zero-order valence-corrected chi connectivity index (χ0v) is 25.6. The lowest BCUT2D eigenvalue weighted by molar-refractivity contribution is -0.137. The molecule has 5 N–H and O–H groups in total. The summed E-state index contributed by atoms with van der Waals surface area (Å²) >= 11 is 5.37. The van der Waals surface area contributed by atoms with Crippen LogP contribution in [0, 0.1) is 0 Å². The molecule has 2 amide bonds. The number of nitrogens with two attached hydrogens (primary N) is 1. The molecule has 2 aromatic heterocycles. The number of hydrogen-bond acceptors (Lipinski definition) is 7. The minimum atomic E-state index is -4.68. The normalized spacial score (nSPS) is 13.1. The predicted molar refractivity (Wildman–Crippen MR) is 165 cm³/mol. The van der Waals surface area contributed by atoms with E-state index in [0.717, 1.165) is 0 Å². The number of nitrogen functional groups attached to an aromatic ring is 1. The molecule has 45 heavy (non-hydrogen) atoms. The number of rotatable bonds is 12. The second-order valence-corrected chi connectivity index (χ2v) is 10.9. The van der Waals surface area contributed by atoms with Gasteiger partial charge in [0, 0.05) is 48.9 Å². The van der Waals surface area contributed by atoms with Gasteiger partial charge in [-0.1, -0.05) is 29.8 Å². The van der Waals surface area contributed by atoms with Crippen molar-refractivity contribution in [2.24, 2.45) is 0 Å². The Bertz CT molecular complexity index is 1670. The van der Waals surface area contributed by atoms with Crippen molar-refractivity contribution in [2.45, 2.75) is 24.4 Å². The van der Waals surface area contributed by atoms with Crippen molar-refractivity contribution in [1.82, 2.24) is 25.0 Å². The molecule has 0 spiro atoms. The molecule has 4 aromatic rings. The molecule has 0 bridgehead atoms. The van der Waals surface area contributed by atoms with E-state index in [4.69, 9.17) is 22.1 Å². The lowest BCUT2D eigenvalue weighted by Gasteiger charge is -2.26. The first-order chi connectivity index (χ1) is 21.2. The first-order valence-electron chi connectivity index (χ1n) is 13.6. The Morgan fingerprint density at radius 1 is 1.16 bits per heavy atom. The molecule has 0 saturated carbocycles. The van der Waals surface area contributed by atoms with E-state index in [1.807, 2.05) is 30.9 Å². The number of anilines is 3. The van der Waals surface area contributed by atoms with Crippen molar-refractivity contribution >= 4 is 51.4 Å². The SMILES string of the molecule is COc1cc(N(C)CCN(C)C)c(NC(=O)[C@H](Cn2cc(-c3[nH]ncc3C(F)(F)F)c3ccccc32)NC(=O)C(F)Cl)cc1N. The average Bonchev–Trinajstić information content (AvgIpc) is 3.61. The van der Waals surface area contributed by atoms with Crippen LogP contribution in [0.5, 0.6) is 5.75 Å². The number of hydrogen-bond donors (Lipinski definition) is 4. The van der Waals surface area contributed by atoms with E-state index >= 15 is 0 Å². The van der Waals surface area contributed by atoms with Gasteiger partial charge in [0.15, 0.2) is 0 Å². The number of likely N-dealkylation sites (N-methyl/N-ethyl adjacent to an activating group) is 2. The summed E-state index contributed by atoms with van der Waals surface area (Å²) in [7, 11) is 7.09. The number of H-pyrrole nitrogens is 1. The van der Waals surface area contributed by atoms with Crippen LogP contribution in [0.2, 0.25) is 0 Å². The van der Waals surface area contributed by atoms with Gasteiger partial charge in [-0.25, -0.2) is 4.39 Å². The summed E-state index contributed by atoms with van der Waals surface area (Å²) in [4.78, 5) is 30.0. The van der Waals surface area contributed by atoms with Gasteiger partial charge in [-0.05, 0) is 26.2 Å². The molecule has 1 unspecified atom stereocenters. The molecule has 0 aliphatic rings. The van der Waals surface area contributed by atoms with Crippen molar-refractivity contribution in [3.63, 3.8) is 0 Å². The van der Waals surface area contributed by atoms with Gasteiger partial charge < -0.3 is 35.5 Å². The van der Waals surface area contributed by atoms with Crippen LogP contribution < -0.4 is 26.0 Å². The van der Waals surface area contributed by atoms with Gasteiger partial charge in [0.05, 0.1) is 42.6 Å². The quantitative estimate of drug-likeness (QED) is 0.102. The van der Waals surface area contributed by atoms with E-state index in [0.29, 0.717) is 41.6 Å². The number of ether oxygens (including phenoxy) is 1. The number of fused-ring (bicyclic) bond motifs is 1. The predicted octanol–water partition coefficient (Wildman–Crippen LogP) is 4.30. The van der Waals surface area contributed by atoms with Gasteiger partial charge >= 0.3 is 6.18 Å². The fourth-order valence-electron chi connectivity index (χ4n) is 4.80. The number of amides is 2. The lowest BCUT2D eigenvalue weighted by atomic mass is 10.1. The molecular formula is C29H33ClF4N8O3. The third-order valence-electron chi connectivity index (χ3n) is 7.11. The van der Waals surface area contributed by atoms with Gasteiger partial charge in [-0.15, -0.1) is 0 Å². The van der Waals surface area contributed by atoms with Crippen molar-refractivity contribution in [3.05, 3.63) is 54.4 Å². The number of halogens is 5. The molecule has 4 rings (SSSR count). The number of para-hydroxylation sites is 1. The highest BCUT2D eigenvalue weighted by molar-refractivity contribution is 6.29. The molecule has 11 nitrogen and oxygen atoms in total. The summed E-state index contributed by atoms with van der Waals surface area (Å²) in [6.07, 6.45) is -2.59. The van der Waals surface area contributed by atoms with Gasteiger partial charge in [0.25, 0.3) is 11.5 Å².